The fraction of sp³-hybridized carbons (Fsp3) is 0.371. The lowest BCUT2D eigenvalue weighted by Crippen LogP contribution is -2.45. The molecule has 3 aromatic rings. The molecule has 5 N–H and O–H groups in total. The highest BCUT2D eigenvalue weighted by Crippen LogP contribution is 2.28. The molecule has 0 bridgehead atoms. The number of amides is 3. The van der Waals surface area contributed by atoms with Crippen LogP contribution in [0, 0.1) is 5.82 Å². The molecule has 3 heterocycles. The van der Waals surface area contributed by atoms with Gasteiger partial charge in [0.2, 0.25) is 0 Å². The second-order valence-corrected chi connectivity index (χ2v) is 13.1. The van der Waals surface area contributed by atoms with E-state index in [0.29, 0.717) is 32.2 Å². The van der Waals surface area contributed by atoms with Crippen LogP contribution in [0.5, 0.6) is 0 Å². The third kappa shape index (κ3) is 8.64. The van der Waals surface area contributed by atoms with Crippen LogP contribution in [0.1, 0.15) is 62.9 Å². The Balaban J connectivity index is 1.33. The predicted molar refractivity (Wildman–Crippen MR) is 185 cm³/mol. The molecular formula is C35H41FN8O6. The lowest BCUT2D eigenvalue weighted by Gasteiger charge is -2.30. The number of carbonyl (C=O) groups is 3. The Morgan fingerprint density at radius 1 is 1.06 bits per heavy atom. The molecule has 14 nitrogen and oxygen atoms in total. The number of ether oxygens (including phenoxy) is 1. The number of allylic oxidation sites excluding steroid dienone is 2. The van der Waals surface area contributed by atoms with Gasteiger partial charge in [-0.2, -0.15) is 0 Å². The summed E-state index contributed by atoms with van der Waals surface area (Å²) in [5, 5.41) is 8.11. The van der Waals surface area contributed by atoms with Gasteiger partial charge in [-0.15, -0.1) is 0 Å². The van der Waals surface area contributed by atoms with Crippen LogP contribution in [0.15, 0.2) is 82.4 Å². The van der Waals surface area contributed by atoms with Crippen molar-refractivity contribution in [1.82, 2.24) is 35.0 Å². The van der Waals surface area contributed by atoms with E-state index in [1.54, 1.807) is 56.3 Å². The van der Waals surface area contributed by atoms with Crippen LogP contribution in [-0.2, 0) is 9.53 Å². The van der Waals surface area contributed by atoms with Gasteiger partial charge in [-0.05, 0) is 76.8 Å². The summed E-state index contributed by atoms with van der Waals surface area (Å²) < 4.78 is 21.9. The van der Waals surface area contributed by atoms with E-state index in [9.17, 15) is 28.4 Å². The van der Waals surface area contributed by atoms with Gasteiger partial charge >= 0.3 is 11.8 Å². The Morgan fingerprint density at radius 3 is 2.50 bits per heavy atom. The fourth-order valence-electron chi connectivity index (χ4n) is 5.84. The third-order valence-corrected chi connectivity index (χ3v) is 8.14. The number of nitrogens with one attached hydrogen (secondary N) is 3. The number of rotatable bonds is 9. The maximum atomic E-state index is 14.4. The maximum Gasteiger partial charge on any atom is 0.407 e. The maximum absolute atomic E-state index is 14.4. The van der Waals surface area contributed by atoms with E-state index in [0.717, 1.165) is 16.8 Å². The number of aromatic nitrogens is 3. The number of benzene rings is 1. The zero-order valence-corrected chi connectivity index (χ0v) is 28.1. The molecule has 2 aliphatic rings. The normalized spacial score (nSPS) is 17.8. The molecule has 50 heavy (non-hydrogen) atoms. The molecule has 0 unspecified atom stereocenters. The van der Waals surface area contributed by atoms with Crippen molar-refractivity contribution < 1.29 is 23.5 Å². The first-order valence-corrected chi connectivity index (χ1v) is 16.4. The van der Waals surface area contributed by atoms with Crippen LogP contribution in [0.25, 0.3) is 16.7 Å². The molecule has 2 aromatic heterocycles. The van der Waals surface area contributed by atoms with Crippen molar-refractivity contribution in [3.8, 4) is 5.69 Å². The zero-order chi connectivity index (χ0) is 36.0. The standard InChI is InChI=1S/C35H41FN8O6/c1-35(2,3)50-33(48)39-15-14-38-30(45)22-8-7-9-26(18-22)43-29-27(19-23(36)20-40-29)32(47)44(34(43)49)25-12-10-24(11-13-25)41-31(46)28(37)21-42-16-5-4-6-17-42/h4-9,16,18-21,24-25H,10-15,17,37H2,1-3H3,(H,38,45)(H,39,48)(H,41,46)/b28-21-. The minimum Gasteiger partial charge on any atom is -0.444 e. The van der Waals surface area contributed by atoms with Gasteiger partial charge in [-0.3, -0.25) is 19.0 Å². The monoisotopic (exact) mass is 688 g/mol. The lowest BCUT2D eigenvalue weighted by molar-refractivity contribution is -0.118. The second kappa shape index (κ2) is 15.2. The lowest BCUT2D eigenvalue weighted by atomic mass is 9.90. The molecule has 1 aliphatic heterocycles. The summed E-state index contributed by atoms with van der Waals surface area (Å²) in [5.41, 5.74) is 4.45. The topological polar surface area (TPSA) is 183 Å². The Morgan fingerprint density at radius 2 is 1.80 bits per heavy atom. The summed E-state index contributed by atoms with van der Waals surface area (Å²) in [6, 6.07) is 6.46. The average molecular weight is 689 g/mol. The first-order valence-electron chi connectivity index (χ1n) is 16.4. The van der Waals surface area contributed by atoms with E-state index < -0.39 is 46.6 Å². The third-order valence-electron chi connectivity index (χ3n) is 8.14. The molecular weight excluding hydrogens is 647 g/mol. The number of carbonyl (C=O) groups excluding carboxylic acids is 3. The van der Waals surface area contributed by atoms with Crippen molar-refractivity contribution in [3.63, 3.8) is 0 Å². The van der Waals surface area contributed by atoms with Crippen molar-refractivity contribution in [2.45, 2.75) is 64.1 Å². The Labute approximate surface area is 287 Å². The van der Waals surface area contributed by atoms with Crippen molar-refractivity contribution in [2.24, 2.45) is 5.73 Å². The Kier molecular flexibility index (Phi) is 10.8. The van der Waals surface area contributed by atoms with Crippen LogP contribution in [0.2, 0.25) is 0 Å². The van der Waals surface area contributed by atoms with E-state index in [1.165, 1.54) is 10.6 Å². The van der Waals surface area contributed by atoms with Crippen LogP contribution in [0.4, 0.5) is 9.18 Å². The largest absolute Gasteiger partial charge is 0.444 e. The highest BCUT2D eigenvalue weighted by molar-refractivity contribution is 5.95. The van der Waals surface area contributed by atoms with Crippen LogP contribution in [-0.4, -0.2) is 68.2 Å². The van der Waals surface area contributed by atoms with E-state index in [-0.39, 0.29) is 47.1 Å². The summed E-state index contributed by atoms with van der Waals surface area (Å²) in [4.78, 5) is 71.3. The molecule has 1 aromatic carbocycles. The minimum absolute atomic E-state index is 0.0565. The molecule has 1 saturated carbocycles. The number of nitrogens with two attached hydrogens (primary N) is 1. The molecule has 3 amide bonds. The van der Waals surface area contributed by atoms with Gasteiger partial charge in [-0.25, -0.2) is 23.5 Å². The van der Waals surface area contributed by atoms with Crippen molar-refractivity contribution in [3.05, 3.63) is 105 Å². The number of pyridine rings is 1. The minimum atomic E-state index is -0.743. The molecule has 1 fully saturated rings. The zero-order valence-electron chi connectivity index (χ0n) is 28.1. The highest BCUT2D eigenvalue weighted by Gasteiger charge is 2.28. The molecule has 0 radical (unpaired) electrons. The SMILES string of the molecule is CC(C)(C)OC(=O)NCCNC(=O)c1cccc(-n2c(=O)n(C3CCC(NC(=O)/C(N)=C/N4C=CC=CC4)CC3)c(=O)c3cc(F)cnc32)c1. The summed E-state index contributed by atoms with van der Waals surface area (Å²) in [6.07, 6.45) is 11.1. The number of nitrogens with zero attached hydrogens (tertiary/aromatic N) is 4. The van der Waals surface area contributed by atoms with Gasteiger partial charge in [0.05, 0.1) is 17.3 Å². The average Bonchev–Trinajstić information content (AvgIpc) is 3.07. The van der Waals surface area contributed by atoms with Crippen LogP contribution < -0.4 is 32.9 Å². The summed E-state index contributed by atoms with van der Waals surface area (Å²) in [6.45, 7) is 6.05. The number of hydrogen-bond acceptors (Lipinski definition) is 9. The van der Waals surface area contributed by atoms with Gasteiger partial charge in [0.1, 0.15) is 17.1 Å². The summed E-state index contributed by atoms with van der Waals surface area (Å²) >= 11 is 0. The predicted octanol–water partition coefficient (Wildman–Crippen LogP) is 2.73. The first-order chi connectivity index (χ1) is 23.8. The molecule has 1 aliphatic carbocycles. The van der Waals surface area contributed by atoms with E-state index in [4.69, 9.17) is 10.5 Å². The number of halogens is 1. The summed E-state index contributed by atoms with van der Waals surface area (Å²) in [5.74, 6) is -1.62. The Hall–Kier alpha value is -5.73. The van der Waals surface area contributed by atoms with E-state index in [2.05, 4.69) is 20.9 Å². The van der Waals surface area contributed by atoms with Gasteiger partial charge in [0.15, 0.2) is 5.65 Å². The van der Waals surface area contributed by atoms with Crippen LogP contribution in [0.3, 0.4) is 0 Å². The van der Waals surface area contributed by atoms with Gasteiger partial charge in [-0.1, -0.05) is 18.2 Å². The molecule has 264 valence electrons. The fourth-order valence-corrected chi connectivity index (χ4v) is 5.84. The van der Waals surface area contributed by atoms with E-state index in [1.807, 2.05) is 18.2 Å². The Bertz CT molecular complexity index is 1990. The van der Waals surface area contributed by atoms with Crippen LogP contribution >= 0.6 is 0 Å². The van der Waals surface area contributed by atoms with Crippen molar-refractivity contribution >= 4 is 28.9 Å². The van der Waals surface area contributed by atoms with Crippen molar-refractivity contribution in [2.75, 3.05) is 19.6 Å². The molecule has 15 heteroatoms. The molecule has 5 rings (SSSR count). The molecule has 0 saturated heterocycles. The van der Waals surface area contributed by atoms with Gasteiger partial charge in [0.25, 0.3) is 17.4 Å². The number of fused-ring (bicyclic) bond motifs is 1. The first kappa shape index (κ1) is 35.6. The number of hydrogen-bond donors (Lipinski definition) is 4. The highest BCUT2D eigenvalue weighted by atomic mass is 19.1. The van der Waals surface area contributed by atoms with Gasteiger partial charge < -0.3 is 31.3 Å². The molecule has 0 atom stereocenters. The van der Waals surface area contributed by atoms with Gasteiger partial charge in [0, 0.05) is 49.7 Å². The van der Waals surface area contributed by atoms with Crippen molar-refractivity contribution in [1.29, 1.82) is 0 Å². The second-order valence-electron chi connectivity index (χ2n) is 13.1. The molecule has 0 spiro atoms. The summed E-state index contributed by atoms with van der Waals surface area (Å²) in [7, 11) is 0. The quantitative estimate of drug-likeness (QED) is 0.194. The van der Waals surface area contributed by atoms with E-state index >= 15 is 0 Å². The smallest absolute Gasteiger partial charge is 0.407 e. The number of alkyl carbamates (subject to hydrolysis) is 1.